The third-order valence-electron chi connectivity index (χ3n) is 0.984. The van der Waals surface area contributed by atoms with E-state index in [0.29, 0.717) is 24.5 Å². The summed E-state index contributed by atoms with van der Waals surface area (Å²) in [5.41, 5.74) is 5.58. The number of nitrogens with zero attached hydrogens (tertiary/aromatic N) is 1. The summed E-state index contributed by atoms with van der Waals surface area (Å²) >= 11 is 2.35. The van der Waals surface area contributed by atoms with Gasteiger partial charge < -0.3 is 0 Å². The van der Waals surface area contributed by atoms with Gasteiger partial charge in [-0.3, -0.25) is 0 Å². The summed E-state index contributed by atoms with van der Waals surface area (Å²) in [5.74, 6) is 0. The van der Waals surface area contributed by atoms with Crippen molar-refractivity contribution in [3.05, 3.63) is 0 Å². The first-order valence-corrected chi connectivity index (χ1v) is 5.62. The first-order valence-electron chi connectivity index (χ1n) is 2.84. The summed E-state index contributed by atoms with van der Waals surface area (Å²) < 4.78 is 1.59. The van der Waals surface area contributed by atoms with Crippen molar-refractivity contribution >= 4 is 31.5 Å². The Labute approximate surface area is 65.8 Å². The maximum atomic E-state index is 5.58. The molecule has 1 rings (SSSR count). The SMILES string of the molecule is CC1N=C(N)[Se]C(C)S1. The van der Waals surface area contributed by atoms with E-state index in [1.807, 2.05) is 11.8 Å². The van der Waals surface area contributed by atoms with E-state index in [4.69, 9.17) is 5.73 Å². The number of nitrogens with two attached hydrogens (primary N) is 1. The van der Waals surface area contributed by atoms with Gasteiger partial charge in [-0.15, -0.1) is 0 Å². The van der Waals surface area contributed by atoms with Gasteiger partial charge in [-0.25, -0.2) is 0 Å². The van der Waals surface area contributed by atoms with Crippen LogP contribution < -0.4 is 5.73 Å². The maximum absolute atomic E-state index is 5.58. The van der Waals surface area contributed by atoms with Crippen LogP contribution in [0.25, 0.3) is 0 Å². The van der Waals surface area contributed by atoms with Gasteiger partial charge >= 0.3 is 65.5 Å². The number of thioether (sulfide) groups is 1. The van der Waals surface area contributed by atoms with Crippen molar-refractivity contribution in [3.63, 3.8) is 0 Å². The number of rotatable bonds is 0. The van der Waals surface area contributed by atoms with Gasteiger partial charge in [0.1, 0.15) is 0 Å². The van der Waals surface area contributed by atoms with Crippen LogP contribution in [0.2, 0.25) is 0 Å². The number of hydrogen-bond donors (Lipinski definition) is 1. The molecule has 2 atom stereocenters. The molecule has 0 fully saturated rings. The van der Waals surface area contributed by atoms with Gasteiger partial charge in [0.15, 0.2) is 0 Å². The third kappa shape index (κ3) is 2.20. The third-order valence-corrected chi connectivity index (χ3v) is 4.49. The molecule has 0 bridgehead atoms. The Morgan fingerprint density at radius 3 is 2.78 bits per heavy atom. The van der Waals surface area contributed by atoms with E-state index in [-0.39, 0.29) is 0 Å². The molecule has 1 aliphatic heterocycles. The van der Waals surface area contributed by atoms with Crippen molar-refractivity contribution in [2.24, 2.45) is 10.7 Å². The standard InChI is InChI=1S/C5H10N2SSe/c1-3-7-5(6)9-4(2)8-3/h3-4H,1-2H3,(H2,6,7). The Bertz CT molecular complexity index is 137. The molecule has 2 N–H and O–H groups in total. The van der Waals surface area contributed by atoms with Crippen LogP contribution in [0.3, 0.4) is 0 Å². The van der Waals surface area contributed by atoms with Gasteiger partial charge in [-0.05, 0) is 0 Å². The van der Waals surface area contributed by atoms with Crippen LogP contribution in [0.5, 0.6) is 0 Å². The fourth-order valence-corrected chi connectivity index (χ4v) is 4.70. The molecule has 1 heterocycles. The minimum atomic E-state index is 0.385. The van der Waals surface area contributed by atoms with E-state index in [1.54, 1.807) is 0 Å². The van der Waals surface area contributed by atoms with Gasteiger partial charge in [0.05, 0.1) is 0 Å². The van der Waals surface area contributed by atoms with Crippen LogP contribution in [0.4, 0.5) is 0 Å². The van der Waals surface area contributed by atoms with Crippen LogP contribution in [0, 0.1) is 0 Å². The normalized spacial score (nSPS) is 36.0. The molecule has 0 aromatic carbocycles. The molecular formula is C5H10N2SSe. The predicted molar refractivity (Wildman–Crippen MR) is 43.9 cm³/mol. The molecule has 0 aliphatic carbocycles. The van der Waals surface area contributed by atoms with E-state index < -0.39 is 0 Å². The molecule has 52 valence electrons. The molecule has 0 amide bonds. The summed E-state index contributed by atoms with van der Waals surface area (Å²) in [7, 11) is 0. The summed E-state index contributed by atoms with van der Waals surface area (Å²) in [4.78, 5) is 4.22. The zero-order chi connectivity index (χ0) is 6.85. The van der Waals surface area contributed by atoms with E-state index in [1.165, 1.54) is 0 Å². The second-order valence-electron chi connectivity index (χ2n) is 1.89. The van der Waals surface area contributed by atoms with Crippen molar-refractivity contribution in [1.82, 2.24) is 0 Å². The molecule has 0 saturated carbocycles. The second kappa shape index (κ2) is 2.95. The van der Waals surface area contributed by atoms with Crippen LogP contribution in [0.1, 0.15) is 13.8 Å². The predicted octanol–water partition coefficient (Wildman–Crippen LogP) is 0.444. The van der Waals surface area contributed by atoms with E-state index in [0.717, 1.165) is 4.73 Å². The number of amidine groups is 1. The second-order valence-corrected chi connectivity index (χ2v) is 7.08. The van der Waals surface area contributed by atoms with Crippen molar-refractivity contribution in [2.75, 3.05) is 0 Å². The molecule has 0 saturated heterocycles. The molecule has 0 aromatic heterocycles. The van der Waals surface area contributed by atoms with Crippen LogP contribution in [-0.2, 0) is 0 Å². The molecule has 2 nitrogen and oxygen atoms in total. The Hall–Kier alpha value is 0.339. The molecule has 4 heteroatoms. The number of hydrogen-bond acceptors (Lipinski definition) is 3. The summed E-state index contributed by atoms with van der Waals surface area (Å²) in [5, 5.41) is 0.385. The summed E-state index contributed by atoms with van der Waals surface area (Å²) in [6, 6.07) is 0. The van der Waals surface area contributed by atoms with Gasteiger partial charge in [0.25, 0.3) is 0 Å². The quantitative estimate of drug-likeness (QED) is 0.588. The topological polar surface area (TPSA) is 38.4 Å². The van der Waals surface area contributed by atoms with Crippen LogP contribution >= 0.6 is 11.8 Å². The molecule has 9 heavy (non-hydrogen) atoms. The monoisotopic (exact) mass is 210 g/mol. The average Bonchev–Trinajstić information content (AvgIpc) is 1.59. The number of aliphatic imine (C=N–C) groups is 1. The zero-order valence-corrected chi connectivity index (χ0v) is 8.03. The fourth-order valence-electron chi connectivity index (χ4n) is 0.715. The van der Waals surface area contributed by atoms with Gasteiger partial charge in [0, 0.05) is 0 Å². The Morgan fingerprint density at radius 2 is 2.33 bits per heavy atom. The Morgan fingerprint density at radius 1 is 1.67 bits per heavy atom. The van der Waals surface area contributed by atoms with Crippen molar-refractivity contribution in [3.8, 4) is 0 Å². The van der Waals surface area contributed by atoms with Crippen LogP contribution in [-0.4, -0.2) is 29.2 Å². The Balaban J connectivity index is 2.56. The fraction of sp³-hybridized carbons (Fsp3) is 0.800. The minimum absolute atomic E-state index is 0.385. The molecule has 0 radical (unpaired) electrons. The molecule has 0 spiro atoms. The molecule has 1 aliphatic rings. The van der Waals surface area contributed by atoms with E-state index in [2.05, 4.69) is 18.8 Å². The first kappa shape index (κ1) is 7.45. The van der Waals surface area contributed by atoms with Gasteiger partial charge in [-0.2, -0.15) is 0 Å². The molecular weight excluding hydrogens is 199 g/mol. The van der Waals surface area contributed by atoms with E-state index in [9.17, 15) is 0 Å². The van der Waals surface area contributed by atoms with Crippen molar-refractivity contribution in [2.45, 2.75) is 23.4 Å². The van der Waals surface area contributed by atoms with Gasteiger partial charge in [0.2, 0.25) is 0 Å². The molecule has 0 aromatic rings. The average molecular weight is 209 g/mol. The van der Waals surface area contributed by atoms with Gasteiger partial charge in [-0.1, -0.05) is 0 Å². The van der Waals surface area contributed by atoms with Crippen molar-refractivity contribution < 1.29 is 0 Å². The summed E-state index contributed by atoms with van der Waals surface area (Å²) in [6.45, 7) is 4.30. The van der Waals surface area contributed by atoms with E-state index >= 15 is 0 Å². The van der Waals surface area contributed by atoms with Crippen molar-refractivity contribution in [1.29, 1.82) is 0 Å². The Kier molecular flexibility index (Phi) is 2.44. The zero-order valence-electron chi connectivity index (χ0n) is 5.50. The van der Waals surface area contributed by atoms with Crippen LogP contribution in [0.15, 0.2) is 4.99 Å². The first-order chi connectivity index (χ1) is 4.18. The molecule has 2 unspecified atom stereocenters. The summed E-state index contributed by atoms with van der Waals surface area (Å²) in [6.07, 6.45) is 0.